The molecule has 0 unspecified atom stereocenters. The van der Waals surface area contributed by atoms with Gasteiger partial charge in [0.25, 0.3) is 0 Å². The van der Waals surface area contributed by atoms with E-state index in [0.29, 0.717) is 24.7 Å². The van der Waals surface area contributed by atoms with E-state index in [0.717, 1.165) is 37.7 Å². The highest BCUT2D eigenvalue weighted by Crippen LogP contribution is 2.48. The Morgan fingerprint density at radius 2 is 1.90 bits per heavy atom. The van der Waals surface area contributed by atoms with Gasteiger partial charge in [-0.3, -0.25) is 9.59 Å². The largest absolute Gasteiger partial charge is 0.392 e. The summed E-state index contributed by atoms with van der Waals surface area (Å²) in [5.41, 5.74) is 3.67. The molecule has 2 aliphatic rings. The monoisotopic (exact) mass is 409 g/mol. The van der Waals surface area contributed by atoms with E-state index in [1.165, 1.54) is 11.1 Å². The van der Waals surface area contributed by atoms with Gasteiger partial charge in [0.2, 0.25) is 5.91 Å². The molecule has 0 aliphatic heterocycles. The van der Waals surface area contributed by atoms with E-state index in [1.54, 1.807) is 25.1 Å². The van der Waals surface area contributed by atoms with Crippen molar-refractivity contribution in [3.8, 4) is 0 Å². The van der Waals surface area contributed by atoms with Crippen molar-refractivity contribution in [1.29, 1.82) is 0 Å². The lowest BCUT2D eigenvalue weighted by Gasteiger charge is -2.18. The zero-order chi connectivity index (χ0) is 21.7. The van der Waals surface area contributed by atoms with Gasteiger partial charge in [0.05, 0.1) is 6.10 Å². The molecule has 4 atom stereocenters. The van der Waals surface area contributed by atoms with Crippen LogP contribution < -0.4 is 0 Å². The highest BCUT2D eigenvalue weighted by molar-refractivity contribution is 5.91. The number of amides is 1. The van der Waals surface area contributed by atoms with Crippen molar-refractivity contribution in [1.82, 2.24) is 4.90 Å². The molecule has 4 nitrogen and oxygen atoms in total. The number of fused-ring (bicyclic) bond motifs is 1. The van der Waals surface area contributed by atoms with Crippen LogP contribution in [0.3, 0.4) is 0 Å². The molecule has 1 saturated carbocycles. The molecule has 0 bridgehead atoms. The second kappa shape index (κ2) is 10.2. The van der Waals surface area contributed by atoms with Crippen molar-refractivity contribution in [2.45, 2.75) is 58.0 Å². The Kier molecular flexibility index (Phi) is 7.65. The summed E-state index contributed by atoms with van der Waals surface area (Å²) in [5.74, 6) is 1.16. The topological polar surface area (TPSA) is 57.6 Å². The summed E-state index contributed by atoms with van der Waals surface area (Å²) in [5, 5.41) is 10.5. The molecule has 4 heteroatoms. The Morgan fingerprint density at radius 3 is 2.60 bits per heavy atom. The average Bonchev–Trinajstić information content (AvgIpc) is 3.21. The summed E-state index contributed by atoms with van der Waals surface area (Å²) in [6.07, 6.45) is 11.4. The average molecular weight is 410 g/mol. The van der Waals surface area contributed by atoms with Crippen LogP contribution in [-0.2, 0) is 16.0 Å². The Bertz CT molecular complexity index is 806. The van der Waals surface area contributed by atoms with Crippen LogP contribution in [0.25, 0.3) is 0 Å². The fraction of sp³-hybridized carbons (Fsp3) is 0.538. The second-order valence-corrected chi connectivity index (χ2v) is 9.22. The lowest BCUT2D eigenvalue weighted by Crippen LogP contribution is -2.21. The number of hydrogen-bond acceptors (Lipinski definition) is 3. The molecular formula is C26H35NO3. The number of unbranched alkanes of at least 4 members (excludes halogenated alkanes) is 1. The number of benzene rings is 1. The first-order chi connectivity index (χ1) is 14.3. The number of ketones is 1. The van der Waals surface area contributed by atoms with Gasteiger partial charge in [-0.15, -0.1) is 0 Å². The first-order valence-corrected chi connectivity index (χ1v) is 11.2. The number of carbonyl (C=O) groups excluding carboxylic acids is 2. The van der Waals surface area contributed by atoms with Gasteiger partial charge in [-0.25, -0.2) is 0 Å². The lowest BCUT2D eigenvalue weighted by atomic mass is 9.88. The van der Waals surface area contributed by atoms with Gasteiger partial charge in [-0.05, 0) is 62.5 Å². The third kappa shape index (κ3) is 5.91. The number of aliphatic hydroxyl groups is 1. The van der Waals surface area contributed by atoms with Crippen molar-refractivity contribution >= 4 is 11.7 Å². The molecule has 1 aromatic rings. The zero-order valence-electron chi connectivity index (χ0n) is 18.5. The predicted molar refractivity (Wildman–Crippen MR) is 120 cm³/mol. The molecular weight excluding hydrogens is 374 g/mol. The molecule has 1 N–H and O–H groups in total. The van der Waals surface area contributed by atoms with Crippen LogP contribution in [0.1, 0.15) is 49.7 Å². The fourth-order valence-corrected chi connectivity index (χ4v) is 4.83. The zero-order valence-corrected chi connectivity index (χ0v) is 18.5. The van der Waals surface area contributed by atoms with E-state index >= 15 is 0 Å². The highest BCUT2D eigenvalue weighted by Gasteiger charge is 2.43. The van der Waals surface area contributed by atoms with Crippen molar-refractivity contribution in [2.24, 2.45) is 17.8 Å². The number of aliphatic hydroxyl groups excluding tert-OH is 1. The second-order valence-electron chi connectivity index (χ2n) is 9.22. The minimum atomic E-state index is -0.362. The van der Waals surface area contributed by atoms with Crippen molar-refractivity contribution in [3.05, 3.63) is 59.2 Å². The Morgan fingerprint density at radius 1 is 1.17 bits per heavy atom. The maximum atomic E-state index is 12.4. The quantitative estimate of drug-likeness (QED) is 0.377. The standard InChI is InChI=1S/C26H35NO3/c1-18-8-10-19(11-9-18)15-22(28)12-13-23-24-16-20(14-21(24)17-25(23)29)6-4-5-7-26(30)27(2)3/h8-14,21,23-25,29H,4-7,15-17H2,1-3H3/t21-,23+,24-,25+/m0/s1. The molecule has 0 radical (unpaired) electrons. The summed E-state index contributed by atoms with van der Waals surface area (Å²) in [6.45, 7) is 2.04. The Hall–Kier alpha value is -2.20. The van der Waals surface area contributed by atoms with E-state index in [4.69, 9.17) is 0 Å². The number of nitrogens with zero attached hydrogens (tertiary/aromatic N) is 1. The Labute approximate surface area is 180 Å². The number of rotatable bonds is 9. The lowest BCUT2D eigenvalue weighted by molar-refractivity contribution is -0.128. The maximum absolute atomic E-state index is 12.4. The summed E-state index contributed by atoms with van der Waals surface area (Å²) >= 11 is 0. The van der Waals surface area contributed by atoms with Crippen LogP contribution >= 0.6 is 0 Å². The summed E-state index contributed by atoms with van der Waals surface area (Å²) in [7, 11) is 3.60. The molecule has 0 spiro atoms. The maximum Gasteiger partial charge on any atom is 0.222 e. The number of aryl methyl sites for hydroxylation is 1. The van der Waals surface area contributed by atoms with Gasteiger partial charge < -0.3 is 10.0 Å². The smallest absolute Gasteiger partial charge is 0.222 e. The molecule has 162 valence electrons. The molecule has 1 amide bonds. The minimum absolute atomic E-state index is 0.0565. The van der Waals surface area contributed by atoms with E-state index in [1.807, 2.05) is 37.3 Å². The third-order valence-electron chi connectivity index (χ3n) is 6.59. The van der Waals surface area contributed by atoms with Gasteiger partial charge in [0.15, 0.2) is 5.78 Å². The number of carbonyl (C=O) groups is 2. The van der Waals surface area contributed by atoms with Crippen LogP contribution in [0.15, 0.2) is 48.1 Å². The van der Waals surface area contributed by atoms with Crippen LogP contribution in [0.5, 0.6) is 0 Å². The molecule has 0 aromatic heterocycles. The van der Waals surface area contributed by atoms with Gasteiger partial charge in [-0.2, -0.15) is 0 Å². The molecule has 0 saturated heterocycles. The van der Waals surface area contributed by atoms with Crippen molar-refractivity contribution in [3.63, 3.8) is 0 Å². The molecule has 1 aromatic carbocycles. The van der Waals surface area contributed by atoms with Crippen molar-refractivity contribution in [2.75, 3.05) is 14.1 Å². The minimum Gasteiger partial charge on any atom is -0.392 e. The normalized spacial score (nSPS) is 25.4. The van der Waals surface area contributed by atoms with Crippen LogP contribution in [0.2, 0.25) is 0 Å². The van der Waals surface area contributed by atoms with E-state index < -0.39 is 0 Å². The summed E-state index contributed by atoms with van der Waals surface area (Å²) in [4.78, 5) is 25.7. The number of allylic oxidation sites excluding steroid dienone is 3. The van der Waals surface area contributed by atoms with E-state index in [-0.39, 0.29) is 23.7 Å². The molecule has 1 fully saturated rings. The highest BCUT2D eigenvalue weighted by atomic mass is 16.3. The molecule has 3 rings (SSSR count). The molecule has 30 heavy (non-hydrogen) atoms. The van der Waals surface area contributed by atoms with E-state index in [2.05, 4.69) is 6.08 Å². The first-order valence-electron chi connectivity index (χ1n) is 11.2. The molecule has 0 heterocycles. The SMILES string of the molecule is Cc1ccc(CC(=O)C=C[C@@H]2[C@H]3CC(CCCCC(=O)N(C)C)=C[C@H]3C[C@H]2O)cc1. The summed E-state index contributed by atoms with van der Waals surface area (Å²) in [6, 6.07) is 8.06. The Balaban J connectivity index is 1.47. The fourth-order valence-electron chi connectivity index (χ4n) is 4.83. The summed E-state index contributed by atoms with van der Waals surface area (Å²) < 4.78 is 0. The van der Waals surface area contributed by atoms with Crippen LogP contribution in [0, 0.1) is 24.7 Å². The predicted octanol–water partition coefficient (Wildman–Crippen LogP) is 4.25. The van der Waals surface area contributed by atoms with E-state index in [9.17, 15) is 14.7 Å². The van der Waals surface area contributed by atoms with Gasteiger partial charge in [0, 0.05) is 32.9 Å². The third-order valence-corrected chi connectivity index (χ3v) is 6.59. The molecule has 2 aliphatic carbocycles. The van der Waals surface area contributed by atoms with Gasteiger partial charge >= 0.3 is 0 Å². The van der Waals surface area contributed by atoms with Gasteiger partial charge in [-0.1, -0.05) is 47.6 Å². The van der Waals surface area contributed by atoms with Crippen LogP contribution in [0.4, 0.5) is 0 Å². The van der Waals surface area contributed by atoms with Crippen molar-refractivity contribution < 1.29 is 14.7 Å². The van der Waals surface area contributed by atoms with Crippen LogP contribution in [-0.4, -0.2) is 41.9 Å². The van der Waals surface area contributed by atoms with Gasteiger partial charge in [0.1, 0.15) is 0 Å². The number of hydrogen-bond donors (Lipinski definition) is 1. The first kappa shape index (κ1) is 22.5.